The molecule has 2 N–H and O–H groups in total. The van der Waals surface area contributed by atoms with Crippen molar-refractivity contribution in [3.05, 3.63) is 34.8 Å². The van der Waals surface area contributed by atoms with E-state index in [1.165, 1.54) is 4.90 Å². The maximum atomic E-state index is 11.3. The molecule has 0 radical (unpaired) electrons. The van der Waals surface area contributed by atoms with E-state index in [9.17, 15) is 9.90 Å². The average molecular weight is 320 g/mol. The number of nitrogens with zero attached hydrogens (tertiary/aromatic N) is 1. The normalized spacial score (nSPS) is 17.3. The quantitative estimate of drug-likeness (QED) is 0.830. The van der Waals surface area contributed by atoms with Gasteiger partial charge in [-0.25, -0.2) is 4.98 Å². The van der Waals surface area contributed by atoms with Crippen LogP contribution in [-0.4, -0.2) is 22.3 Å². The van der Waals surface area contributed by atoms with Gasteiger partial charge in [0.25, 0.3) is 0 Å². The molecular formula is C15H16N2O2S2. The molecule has 1 aliphatic carbocycles. The van der Waals surface area contributed by atoms with E-state index in [-0.39, 0.29) is 0 Å². The summed E-state index contributed by atoms with van der Waals surface area (Å²) in [5.41, 5.74) is 1.73. The lowest BCUT2D eigenvalue weighted by Crippen LogP contribution is -2.17. The topological polar surface area (TPSA) is 62.2 Å². The molecule has 0 aliphatic heterocycles. The zero-order valence-corrected chi connectivity index (χ0v) is 13.3. The van der Waals surface area contributed by atoms with E-state index < -0.39 is 11.9 Å². The first-order chi connectivity index (χ1) is 10.2. The molecule has 0 saturated carbocycles. The summed E-state index contributed by atoms with van der Waals surface area (Å²) in [5.74, 6) is -1.21. The zero-order valence-electron chi connectivity index (χ0n) is 11.6. The summed E-state index contributed by atoms with van der Waals surface area (Å²) in [6, 6.07) is 8.14. The van der Waals surface area contributed by atoms with Crippen LogP contribution in [0.3, 0.4) is 0 Å². The molecule has 0 fully saturated rings. The number of hydrogen-bond acceptors (Lipinski definition) is 5. The number of thioether (sulfide) groups is 1. The molecule has 4 nitrogen and oxygen atoms in total. The molecule has 21 heavy (non-hydrogen) atoms. The molecule has 0 amide bonds. The zero-order chi connectivity index (χ0) is 14.8. The second-order valence-corrected chi connectivity index (χ2v) is 6.93. The Labute approximate surface area is 131 Å². The van der Waals surface area contributed by atoms with Crippen LogP contribution in [0.1, 0.15) is 29.3 Å². The van der Waals surface area contributed by atoms with Crippen LogP contribution in [0, 0.1) is 0 Å². The molecule has 2 aromatic rings. The van der Waals surface area contributed by atoms with E-state index >= 15 is 0 Å². The minimum atomic E-state index is -0.767. The number of benzene rings is 1. The Morgan fingerprint density at radius 2 is 2.19 bits per heavy atom. The Kier molecular flexibility index (Phi) is 4.17. The Morgan fingerprint density at radius 1 is 1.43 bits per heavy atom. The third-order valence-electron chi connectivity index (χ3n) is 3.59. The monoisotopic (exact) mass is 320 g/mol. The summed E-state index contributed by atoms with van der Waals surface area (Å²) in [6.45, 7) is 0. The van der Waals surface area contributed by atoms with Gasteiger partial charge in [-0.3, -0.25) is 4.79 Å². The van der Waals surface area contributed by atoms with Crippen molar-refractivity contribution in [3.63, 3.8) is 0 Å². The highest BCUT2D eigenvalue weighted by Gasteiger charge is 2.29. The molecule has 1 aromatic heterocycles. The fourth-order valence-corrected chi connectivity index (χ4v) is 4.00. The summed E-state index contributed by atoms with van der Waals surface area (Å²) >= 11 is 3.27. The predicted molar refractivity (Wildman–Crippen MR) is 86.9 cm³/mol. The largest absolute Gasteiger partial charge is 0.481 e. The molecular weight excluding hydrogens is 304 g/mol. The summed E-state index contributed by atoms with van der Waals surface area (Å²) < 4.78 is 0. The number of anilines is 2. The van der Waals surface area contributed by atoms with Gasteiger partial charge in [0.15, 0.2) is 5.13 Å². The Morgan fingerprint density at radius 3 is 2.86 bits per heavy atom. The summed E-state index contributed by atoms with van der Waals surface area (Å²) in [6.07, 6.45) is 4.59. The molecule has 110 valence electrons. The number of rotatable bonds is 4. The predicted octanol–water partition coefficient (Wildman–Crippen LogP) is 4.11. The van der Waals surface area contributed by atoms with Gasteiger partial charge < -0.3 is 10.4 Å². The van der Waals surface area contributed by atoms with Crippen molar-refractivity contribution in [1.29, 1.82) is 0 Å². The van der Waals surface area contributed by atoms with Gasteiger partial charge >= 0.3 is 5.97 Å². The highest BCUT2D eigenvalue weighted by molar-refractivity contribution is 7.98. The van der Waals surface area contributed by atoms with Crippen molar-refractivity contribution in [1.82, 2.24) is 4.98 Å². The van der Waals surface area contributed by atoms with Crippen molar-refractivity contribution in [2.45, 2.75) is 30.1 Å². The van der Waals surface area contributed by atoms with Gasteiger partial charge in [0.2, 0.25) is 0 Å². The van der Waals surface area contributed by atoms with Gasteiger partial charge in [0.05, 0.1) is 5.69 Å². The summed E-state index contributed by atoms with van der Waals surface area (Å²) in [4.78, 5) is 18.1. The Hall–Kier alpha value is -1.53. The van der Waals surface area contributed by atoms with Crippen molar-refractivity contribution in [2.24, 2.45) is 0 Å². The van der Waals surface area contributed by atoms with Gasteiger partial charge in [0.1, 0.15) is 5.92 Å². The maximum Gasteiger partial charge on any atom is 0.312 e. The van der Waals surface area contributed by atoms with Crippen LogP contribution in [0.25, 0.3) is 0 Å². The molecule has 0 saturated heterocycles. The van der Waals surface area contributed by atoms with Crippen LogP contribution in [-0.2, 0) is 11.2 Å². The van der Waals surface area contributed by atoms with E-state index in [0.717, 1.165) is 34.2 Å². The lowest BCUT2D eigenvalue weighted by molar-refractivity contribution is -0.139. The fraction of sp³-hybridized carbons (Fsp3) is 0.333. The third-order valence-corrected chi connectivity index (χ3v) is 5.38. The first-order valence-electron chi connectivity index (χ1n) is 6.81. The van der Waals surface area contributed by atoms with Crippen LogP contribution in [0.15, 0.2) is 29.2 Å². The number of carbonyl (C=O) groups is 1. The van der Waals surface area contributed by atoms with Gasteiger partial charge in [-0.15, -0.1) is 23.1 Å². The lowest BCUT2D eigenvalue weighted by atomic mass is 9.91. The minimum Gasteiger partial charge on any atom is -0.481 e. The van der Waals surface area contributed by atoms with Crippen molar-refractivity contribution in [2.75, 3.05) is 11.6 Å². The van der Waals surface area contributed by atoms with Crippen molar-refractivity contribution < 1.29 is 9.90 Å². The van der Waals surface area contributed by atoms with Crippen molar-refractivity contribution >= 4 is 39.9 Å². The first-order valence-corrected chi connectivity index (χ1v) is 8.85. The molecule has 1 unspecified atom stereocenters. The van der Waals surface area contributed by atoms with Gasteiger partial charge in [-0.1, -0.05) is 0 Å². The average Bonchev–Trinajstić information content (AvgIpc) is 2.89. The molecule has 1 heterocycles. The highest BCUT2D eigenvalue weighted by atomic mass is 32.2. The molecule has 0 bridgehead atoms. The number of aromatic nitrogens is 1. The maximum absolute atomic E-state index is 11.3. The number of carboxylic acids is 1. The third kappa shape index (κ3) is 3.06. The van der Waals surface area contributed by atoms with Crippen LogP contribution in [0.2, 0.25) is 0 Å². The minimum absolute atomic E-state index is 0.445. The second kappa shape index (κ2) is 6.07. The van der Waals surface area contributed by atoms with E-state index in [0.29, 0.717) is 6.42 Å². The van der Waals surface area contributed by atoms with E-state index in [2.05, 4.69) is 22.4 Å². The Balaban J connectivity index is 1.82. The van der Waals surface area contributed by atoms with Crippen molar-refractivity contribution in [3.8, 4) is 0 Å². The van der Waals surface area contributed by atoms with Crippen LogP contribution >= 0.6 is 23.1 Å². The van der Waals surface area contributed by atoms with Gasteiger partial charge in [0, 0.05) is 15.5 Å². The number of thiazole rings is 1. The number of fused-ring (bicyclic) bond motifs is 1. The number of aryl methyl sites for hydroxylation is 1. The smallest absolute Gasteiger partial charge is 0.312 e. The summed E-state index contributed by atoms with van der Waals surface area (Å²) in [7, 11) is 0. The van der Waals surface area contributed by atoms with E-state index in [4.69, 9.17) is 0 Å². The molecule has 1 aliphatic rings. The van der Waals surface area contributed by atoms with E-state index in [1.807, 2.05) is 18.4 Å². The van der Waals surface area contributed by atoms with Crippen LogP contribution in [0.4, 0.5) is 10.8 Å². The lowest BCUT2D eigenvalue weighted by Gasteiger charge is -2.16. The number of hydrogen-bond donors (Lipinski definition) is 2. The van der Waals surface area contributed by atoms with Crippen LogP contribution in [0.5, 0.6) is 0 Å². The highest BCUT2D eigenvalue weighted by Crippen LogP contribution is 2.37. The molecule has 3 rings (SSSR count). The molecule has 0 spiro atoms. The SMILES string of the molecule is CSc1ccc(Nc2nc3c(s2)CCCC3C(=O)O)cc1. The Bertz CT molecular complexity index is 652. The number of aliphatic carboxylic acids is 1. The first kappa shape index (κ1) is 14.4. The second-order valence-electron chi connectivity index (χ2n) is 4.96. The van der Waals surface area contributed by atoms with Gasteiger partial charge in [-0.05, 0) is 49.8 Å². The molecule has 1 atom stereocenters. The van der Waals surface area contributed by atoms with E-state index in [1.54, 1.807) is 23.1 Å². The standard InChI is InChI=1S/C15H16N2O2S2/c1-20-10-7-5-9(6-8-10)16-15-17-13-11(14(18)19)3-2-4-12(13)21-15/h5-8,11H,2-4H2,1H3,(H,16,17)(H,18,19). The summed E-state index contributed by atoms with van der Waals surface area (Å²) in [5, 5.41) is 13.3. The fourth-order valence-electron chi connectivity index (χ4n) is 2.51. The van der Waals surface area contributed by atoms with Crippen LogP contribution < -0.4 is 5.32 Å². The number of nitrogens with one attached hydrogen (secondary N) is 1. The number of carboxylic acid groups (broad SMARTS) is 1. The molecule has 1 aromatic carbocycles. The van der Waals surface area contributed by atoms with Gasteiger partial charge in [-0.2, -0.15) is 0 Å². The molecule has 6 heteroatoms.